The molecule has 0 bridgehead atoms. The smallest absolute Gasteiger partial charge is 0.338 e. The standard InChI is InChI=1S/C12H7BrFNO3S/c13-7-3-6(4-8(14)5-7)10(16)15-11-9(12(17)18)1-2-19-11/h1-5H,(H,15,16)(H,17,18). The predicted octanol–water partition coefficient (Wildman–Crippen LogP) is 3.60. The lowest BCUT2D eigenvalue weighted by molar-refractivity contribution is 0.0698. The van der Waals surface area contributed by atoms with Crippen molar-refractivity contribution in [3.05, 3.63) is 51.1 Å². The third-order valence-electron chi connectivity index (χ3n) is 2.25. The summed E-state index contributed by atoms with van der Waals surface area (Å²) in [7, 11) is 0. The minimum Gasteiger partial charge on any atom is -0.478 e. The highest BCUT2D eigenvalue weighted by Gasteiger charge is 2.15. The molecule has 2 N–H and O–H groups in total. The molecule has 98 valence electrons. The van der Waals surface area contributed by atoms with E-state index in [2.05, 4.69) is 21.2 Å². The van der Waals surface area contributed by atoms with E-state index in [0.29, 0.717) is 4.47 Å². The second kappa shape index (κ2) is 5.50. The van der Waals surface area contributed by atoms with Crippen molar-refractivity contribution in [3.63, 3.8) is 0 Å². The van der Waals surface area contributed by atoms with Crippen LogP contribution in [0.15, 0.2) is 34.1 Å². The average Bonchev–Trinajstić information content (AvgIpc) is 2.75. The summed E-state index contributed by atoms with van der Waals surface area (Å²) in [6.45, 7) is 0. The topological polar surface area (TPSA) is 66.4 Å². The van der Waals surface area contributed by atoms with Crippen molar-refractivity contribution in [2.45, 2.75) is 0 Å². The maximum Gasteiger partial charge on any atom is 0.338 e. The molecule has 0 unspecified atom stereocenters. The van der Waals surface area contributed by atoms with Gasteiger partial charge in [-0.15, -0.1) is 11.3 Å². The lowest BCUT2D eigenvalue weighted by Gasteiger charge is -2.05. The van der Waals surface area contributed by atoms with Gasteiger partial charge in [0.1, 0.15) is 10.8 Å². The first-order valence-electron chi connectivity index (χ1n) is 5.05. The summed E-state index contributed by atoms with van der Waals surface area (Å²) >= 11 is 4.18. The van der Waals surface area contributed by atoms with Gasteiger partial charge in [0.15, 0.2) is 0 Å². The Balaban J connectivity index is 2.25. The third kappa shape index (κ3) is 3.18. The number of nitrogens with one attached hydrogen (secondary N) is 1. The Morgan fingerprint density at radius 2 is 2.05 bits per heavy atom. The largest absolute Gasteiger partial charge is 0.478 e. The Kier molecular flexibility index (Phi) is 3.96. The Morgan fingerprint density at radius 3 is 2.68 bits per heavy atom. The molecule has 7 heteroatoms. The van der Waals surface area contributed by atoms with Crippen molar-refractivity contribution in [3.8, 4) is 0 Å². The van der Waals surface area contributed by atoms with E-state index in [1.807, 2.05) is 0 Å². The fraction of sp³-hybridized carbons (Fsp3) is 0. The SMILES string of the molecule is O=C(Nc1sccc1C(=O)O)c1cc(F)cc(Br)c1. The lowest BCUT2D eigenvalue weighted by Crippen LogP contribution is -2.13. The van der Waals surface area contributed by atoms with Crippen LogP contribution in [0.25, 0.3) is 0 Å². The number of aromatic carboxylic acids is 1. The van der Waals surface area contributed by atoms with Crippen LogP contribution in [0.4, 0.5) is 9.39 Å². The monoisotopic (exact) mass is 343 g/mol. The van der Waals surface area contributed by atoms with Gasteiger partial charge in [0.25, 0.3) is 5.91 Å². The van der Waals surface area contributed by atoms with Gasteiger partial charge in [-0.3, -0.25) is 4.79 Å². The highest BCUT2D eigenvalue weighted by Crippen LogP contribution is 2.24. The van der Waals surface area contributed by atoms with Crippen molar-refractivity contribution in [2.75, 3.05) is 5.32 Å². The molecule has 4 nitrogen and oxygen atoms in total. The van der Waals surface area contributed by atoms with E-state index in [1.54, 1.807) is 5.38 Å². The molecule has 0 saturated carbocycles. The molecule has 1 aromatic heterocycles. The van der Waals surface area contributed by atoms with Crippen LogP contribution in [0, 0.1) is 5.82 Å². The van der Waals surface area contributed by atoms with Gasteiger partial charge in [-0.25, -0.2) is 9.18 Å². The van der Waals surface area contributed by atoms with Crippen LogP contribution in [0.2, 0.25) is 0 Å². The number of rotatable bonds is 3. The van der Waals surface area contributed by atoms with Gasteiger partial charge in [-0.1, -0.05) is 15.9 Å². The van der Waals surface area contributed by atoms with Crippen molar-refractivity contribution >= 4 is 44.1 Å². The molecule has 19 heavy (non-hydrogen) atoms. The molecule has 1 aromatic carbocycles. The maximum atomic E-state index is 13.2. The number of amides is 1. The molecule has 0 fully saturated rings. The van der Waals surface area contributed by atoms with E-state index < -0.39 is 17.7 Å². The maximum absolute atomic E-state index is 13.2. The molecule has 1 heterocycles. The number of carboxylic acids is 1. The van der Waals surface area contributed by atoms with E-state index in [-0.39, 0.29) is 16.1 Å². The highest BCUT2D eigenvalue weighted by molar-refractivity contribution is 9.10. The predicted molar refractivity (Wildman–Crippen MR) is 73.3 cm³/mol. The first-order chi connectivity index (χ1) is 8.97. The molecule has 0 atom stereocenters. The van der Waals surface area contributed by atoms with Crippen molar-refractivity contribution in [2.24, 2.45) is 0 Å². The molecular formula is C12H7BrFNO3S. The van der Waals surface area contributed by atoms with E-state index in [4.69, 9.17) is 5.11 Å². The van der Waals surface area contributed by atoms with E-state index in [9.17, 15) is 14.0 Å². The molecule has 0 spiro atoms. The molecular weight excluding hydrogens is 337 g/mol. The quantitative estimate of drug-likeness (QED) is 0.894. The number of benzene rings is 1. The molecule has 0 radical (unpaired) electrons. The van der Waals surface area contributed by atoms with Crippen LogP contribution in [0.3, 0.4) is 0 Å². The number of anilines is 1. The summed E-state index contributed by atoms with van der Waals surface area (Å²) < 4.78 is 13.6. The number of halogens is 2. The fourth-order valence-electron chi connectivity index (χ4n) is 1.43. The molecule has 2 rings (SSSR count). The van der Waals surface area contributed by atoms with Crippen LogP contribution < -0.4 is 5.32 Å². The summed E-state index contributed by atoms with van der Waals surface area (Å²) in [4.78, 5) is 22.8. The van der Waals surface area contributed by atoms with Crippen LogP contribution in [0.1, 0.15) is 20.7 Å². The zero-order valence-electron chi connectivity index (χ0n) is 9.31. The molecule has 0 aliphatic rings. The van der Waals surface area contributed by atoms with Gasteiger partial charge in [-0.05, 0) is 29.6 Å². The third-order valence-corrected chi connectivity index (χ3v) is 3.54. The Labute approximate surface area is 120 Å². The zero-order chi connectivity index (χ0) is 14.0. The average molecular weight is 344 g/mol. The van der Waals surface area contributed by atoms with Gasteiger partial charge in [-0.2, -0.15) is 0 Å². The summed E-state index contributed by atoms with van der Waals surface area (Å²) in [6, 6.07) is 5.15. The Morgan fingerprint density at radius 1 is 1.32 bits per heavy atom. The van der Waals surface area contributed by atoms with E-state index in [1.165, 1.54) is 18.2 Å². The van der Waals surface area contributed by atoms with E-state index in [0.717, 1.165) is 17.4 Å². The number of hydrogen-bond donors (Lipinski definition) is 2. The molecule has 2 aromatic rings. The van der Waals surface area contributed by atoms with E-state index >= 15 is 0 Å². The molecule has 0 saturated heterocycles. The summed E-state index contributed by atoms with van der Waals surface area (Å²) in [5.74, 6) is -2.24. The normalized spacial score (nSPS) is 10.2. The van der Waals surface area contributed by atoms with Gasteiger partial charge >= 0.3 is 5.97 Å². The minimum atomic E-state index is -1.13. The number of carbonyl (C=O) groups excluding carboxylic acids is 1. The number of carbonyl (C=O) groups is 2. The van der Waals surface area contributed by atoms with Gasteiger partial charge in [0, 0.05) is 10.0 Å². The first kappa shape index (κ1) is 13.7. The highest BCUT2D eigenvalue weighted by atomic mass is 79.9. The number of hydrogen-bond acceptors (Lipinski definition) is 3. The Bertz CT molecular complexity index is 636. The van der Waals surface area contributed by atoms with Crippen LogP contribution >= 0.6 is 27.3 Å². The van der Waals surface area contributed by atoms with Crippen molar-refractivity contribution in [1.29, 1.82) is 0 Å². The van der Waals surface area contributed by atoms with Crippen LogP contribution in [0.5, 0.6) is 0 Å². The molecule has 0 aliphatic heterocycles. The van der Waals surface area contributed by atoms with Crippen LogP contribution in [-0.2, 0) is 0 Å². The minimum absolute atomic E-state index is 0.00817. The van der Waals surface area contributed by atoms with Gasteiger partial charge in [0.05, 0.1) is 5.56 Å². The van der Waals surface area contributed by atoms with Crippen LogP contribution in [-0.4, -0.2) is 17.0 Å². The zero-order valence-corrected chi connectivity index (χ0v) is 11.7. The van der Waals surface area contributed by atoms with Crippen molar-refractivity contribution in [1.82, 2.24) is 0 Å². The number of thiophene rings is 1. The van der Waals surface area contributed by atoms with Gasteiger partial charge < -0.3 is 10.4 Å². The summed E-state index contributed by atoms with van der Waals surface area (Å²) in [5, 5.41) is 13.1. The van der Waals surface area contributed by atoms with Gasteiger partial charge in [0.2, 0.25) is 0 Å². The number of carboxylic acid groups (broad SMARTS) is 1. The Hall–Kier alpha value is -1.73. The second-order valence-electron chi connectivity index (χ2n) is 3.58. The molecule has 0 aliphatic carbocycles. The fourth-order valence-corrected chi connectivity index (χ4v) is 2.67. The first-order valence-corrected chi connectivity index (χ1v) is 6.73. The molecule has 1 amide bonds. The summed E-state index contributed by atoms with van der Waals surface area (Å²) in [5.41, 5.74) is 0.116. The van der Waals surface area contributed by atoms with Crippen molar-refractivity contribution < 1.29 is 19.1 Å². The summed E-state index contributed by atoms with van der Waals surface area (Å²) in [6.07, 6.45) is 0. The lowest BCUT2D eigenvalue weighted by atomic mass is 10.2. The second-order valence-corrected chi connectivity index (χ2v) is 5.41.